The van der Waals surface area contributed by atoms with Crippen molar-refractivity contribution < 1.29 is 14.6 Å². The van der Waals surface area contributed by atoms with Gasteiger partial charge in [-0.15, -0.1) is 0 Å². The third-order valence-electron chi connectivity index (χ3n) is 4.31. The monoisotopic (exact) mass is 272 g/mol. The van der Waals surface area contributed by atoms with E-state index in [0.717, 1.165) is 32.0 Å². The molecule has 1 N–H and O–H groups in total. The Labute approximate surface area is 118 Å². The van der Waals surface area contributed by atoms with Gasteiger partial charge in [0.25, 0.3) is 0 Å². The van der Waals surface area contributed by atoms with Crippen LogP contribution in [0.4, 0.5) is 0 Å². The molecule has 3 heteroatoms. The second kappa shape index (κ2) is 8.93. The Morgan fingerprint density at radius 2 is 1.95 bits per heavy atom. The van der Waals surface area contributed by atoms with Crippen LogP contribution < -0.4 is 0 Å². The zero-order valence-electron chi connectivity index (χ0n) is 13.0. The fraction of sp³-hybridized carbons (Fsp3) is 1.00. The van der Waals surface area contributed by atoms with E-state index in [1.54, 1.807) is 0 Å². The van der Waals surface area contributed by atoms with E-state index >= 15 is 0 Å². The second-order valence-electron chi connectivity index (χ2n) is 6.31. The first-order chi connectivity index (χ1) is 9.10. The SMILES string of the molecule is CC1CCCC(OCCCOCCCO)(C(C)C)C1. The molecule has 0 aromatic rings. The minimum absolute atomic E-state index is 0.1000. The maximum absolute atomic E-state index is 8.65. The largest absolute Gasteiger partial charge is 0.396 e. The fourth-order valence-corrected chi connectivity index (χ4v) is 3.07. The molecule has 0 heterocycles. The molecule has 1 saturated carbocycles. The summed E-state index contributed by atoms with van der Waals surface area (Å²) in [5.41, 5.74) is 0.1000. The predicted molar refractivity (Wildman–Crippen MR) is 78.3 cm³/mol. The van der Waals surface area contributed by atoms with Crippen molar-refractivity contribution in [1.82, 2.24) is 0 Å². The molecule has 3 nitrogen and oxygen atoms in total. The van der Waals surface area contributed by atoms with Gasteiger partial charge >= 0.3 is 0 Å². The Kier molecular flexibility index (Phi) is 7.96. The average molecular weight is 272 g/mol. The van der Waals surface area contributed by atoms with E-state index in [1.165, 1.54) is 25.7 Å². The Hall–Kier alpha value is -0.120. The van der Waals surface area contributed by atoms with Gasteiger partial charge in [0.1, 0.15) is 0 Å². The van der Waals surface area contributed by atoms with Crippen molar-refractivity contribution in [2.75, 3.05) is 26.4 Å². The Morgan fingerprint density at radius 1 is 1.21 bits per heavy atom. The topological polar surface area (TPSA) is 38.7 Å². The lowest BCUT2D eigenvalue weighted by atomic mass is 9.73. The highest BCUT2D eigenvalue weighted by atomic mass is 16.5. The van der Waals surface area contributed by atoms with Gasteiger partial charge in [0.15, 0.2) is 0 Å². The summed E-state index contributed by atoms with van der Waals surface area (Å²) >= 11 is 0. The molecule has 0 radical (unpaired) electrons. The highest BCUT2D eigenvalue weighted by molar-refractivity contribution is 4.89. The van der Waals surface area contributed by atoms with Gasteiger partial charge in [-0.05, 0) is 37.5 Å². The normalized spacial score (nSPS) is 27.9. The van der Waals surface area contributed by atoms with Crippen LogP contribution in [0, 0.1) is 11.8 Å². The Bertz CT molecular complexity index is 230. The van der Waals surface area contributed by atoms with Crippen LogP contribution in [0.25, 0.3) is 0 Å². The lowest BCUT2D eigenvalue weighted by Crippen LogP contribution is -2.43. The van der Waals surface area contributed by atoms with E-state index < -0.39 is 0 Å². The van der Waals surface area contributed by atoms with Gasteiger partial charge in [-0.25, -0.2) is 0 Å². The first kappa shape index (κ1) is 16.9. The zero-order chi connectivity index (χ0) is 14.1. The zero-order valence-corrected chi connectivity index (χ0v) is 13.0. The maximum Gasteiger partial charge on any atom is 0.0707 e. The van der Waals surface area contributed by atoms with Crippen LogP contribution in [0.2, 0.25) is 0 Å². The third kappa shape index (κ3) is 5.80. The third-order valence-corrected chi connectivity index (χ3v) is 4.31. The quantitative estimate of drug-likeness (QED) is 0.654. The number of ether oxygens (including phenoxy) is 2. The van der Waals surface area contributed by atoms with Crippen molar-refractivity contribution in [3.05, 3.63) is 0 Å². The molecule has 0 spiro atoms. The van der Waals surface area contributed by atoms with Crippen molar-refractivity contribution in [3.63, 3.8) is 0 Å². The first-order valence-electron chi connectivity index (χ1n) is 7.93. The highest BCUT2D eigenvalue weighted by Gasteiger charge is 2.38. The van der Waals surface area contributed by atoms with Crippen LogP contribution in [-0.4, -0.2) is 37.1 Å². The van der Waals surface area contributed by atoms with Crippen LogP contribution in [0.3, 0.4) is 0 Å². The molecular formula is C16H32O3. The molecule has 0 aromatic carbocycles. The van der Waals surface area contributed by atoms with Crippen LogP contribution in [0.15, 0.2) is 0 Å². The number of aliphatic hydroxyl groups excluding tert-OH is 1. The minimum Gasteiger partial charge on any atom is -0.396 e. The van der Waals surface area contributed by atoms with Gasteiger partial charge in [-0.3, -0.25) is 0 Å². The smallest absolute Gasteiger partial charge is 0.0707 e. The summed E-state index contributed by atoms with van der Waals surface area (Å²) in [4.78, 5) is 0. The highest BCUT2D eigenvalue weighted by Crippen LogP contribution is 2.40. The van der Waals surface area contributed by atoms with Crippen LogP contribution in [0.5, 0.6) is 0 Å². The number of rotatable bonds is 9. The molecule has 114 valence electrons. The fourth-order valence-electron chi connectivity index (χ4n) is 3.07. The number of hydrogen-bond acceptors (Lipinski definition) is 3. The van der Waals surface area contributed by atoms with E-state index in [-0.39, 0.29) is 12.2 Å². The number of hydrogen-bond donors (Lipinski definition) is 1. The van der Waals surface area contributed by atoms with E-state index in [0.29, 0.717) is 12.5 Å². The van der Waals surface area contributed by atoms with Crippen LogP contribution in [0.1, 0.15) is 59.3 Å². The van der Waals surface area contributed by atoms with Crippen molar-refractivity contribution in [1.29, 1.82) is 0 Å². The molecule has 0 saturated heterocycles. The van der Waals surface area contributed by atoms with Crippen molar-refractivity contribution >= 4 is 0 Å². The molecule has 2 atom stereocenters. The Morgan fingerprint density at radius 3 is 2.58 bits per heavy atom. The standard InChI is InChI=1S/C16H32O3/c1-14(2)16(8-4-7-15(3)13-16)19-12-6-11-18-10-5-9-17/h14-15,17H,4-13H2,1-3H3. The van der Waals surface area contributed by atoms with Gasteiger partial charge in [0.2, 0.25) is 0 Å². The molecule has 0 aliphatic heterocycles. The average Bonchev–Trinajstić information content (AvgIpc) is 2.37. The van der Waals surface area contributed by atoms with Crippen molar-refractivity contribution in [2.45, 2.75) is 64.9 Å². The molecule has 0 amide bonds. The van der Waals surface area contributed by atoms with Gasteiger partial charge in [-0.2, -0.15) is 0 Å². The Balaban J connectivity index is 2.23. The number of aliphatic hydroxyl groups is 1. The summed E-state index contributed by atoms with van der Waals surface area (Å²) < 4.78 is 11.7. The summed E-state index contributed by atoms with van der Waals surface area (Å²) in [6.07, 6.45) is 6.74. The van der Waals surface area contributed by atoms with Crippen molar-refractivity contribution in [3.8, 4) is 0 Å². The van der Waals surface area contributed by atoms with E-state index in [4.69, 9.17) is 14.6 Å². The lowest BCUT2D eigenvalue weighted by molar-refractivity contribution is -0.115. The van der Waals surface area contributed by atoms with Crippen LogP contribution >= 0.6 is 0 Å². The molecule has 0 bridgehead atoms. The van der Waals surface area contributed by atoms with E-state index in [9.17, 15) is 0 Å². The van der Waals surface area contributed by atoms with Crippen LogP contribution in [-0.2, 0) is 9.47 Å². The summed E-state index contributed by atoms with van der Waals surface area (Å²) in [6.45, 7) is 9.32. The minimum atomic E-state index is 0.1000. The first-order valence-corrected chi connectivity index (χ1v) is 7.93. The molecule has 0 aromatic heterocycles. The van der Waals surface area contributed by atoms with E-state index in [1.807, 2.05) is 0 Å². The maximum atomic E-state index is 8.65. The van der Waals surface area contributed by atoms with E-state index in [2.05, 4.69) is 20.8 Å². The van der Waals surface area contributed by atoms with Gasteiger partial charge < -0.3 is 14.6 Å². The molecule has 1 aliphatic carbocycles. The molecule has 19 heavy (non-hydrogen) atoms. The molecule has 1 aliphatic rings. The van der Waals surface area contributed by atoms with Gasteiger partial charge in [0, 0.05) is 26.4 Å². The lowest BCUT2D eigenvalue weighted by Gasteiger charge is -2.43. The summed E-state index contributed by atoms with van der Waals surface area (Å²) in [5, 5.41) is 8.65. The molecule has 1 fully saturated rings. The predicted octanol–water partition coefficient (Wildman–Crippen LogP) is 3.40. The summed E-state index contributed by atoms with van der Waals surface area (Å²) in [7, 11) is 0. The van der Waals surface area contributed by atoms with Gasteiger partial charge in [-0.1, -0.05) is 33.6 Å². The molecule has 1 rings (SSSR count). The van der Waals surface area contributed by atoms with Gasteiger partial charge in [0.05, 0.1) is 5.60 Å². The van der Waals surface area contributed by atoms with Crippen molar-refractivity contribution in [2.24, 2.45) is 11.8 Å². The summed E-state index contributed by atoms with van der Waals surface area (Å²) in [5.74, 6) is 1.38. The summed E-state index contributed by atoms with van der Waals surface area (Å²) in [6, 6.07) is 0. The molecule has 2 unspecified atom stereocenters. The second-order valence-corrected chi connectivity index (χ2v) is 6.31. The molecular weight excluding hydrogens is 240 g/mol.